The molecule has 1 aromatic heterocycles. The zero-order chi connectivity index (χ0) is 14.2. The van der Waals surface area contributed by atoms with Crippen LogP contribution in [-0.2, 0) is 10.0 Å². The minimum absolute atomic E-state index is 0.0146. The van der Waals surface area contributed by atoms with Gasteiger partial charge < -0.3 is 0 Å². The Morgan fingerprint density at radius 2 is 1.84 bits per heavy atom. The van der Waals surface area contributed by atoms with Crippen LogP contribution in [-0.4, -0.2) is 29.2 Å². The van der Waals surface area contributed by atoms with Crippen LogP contribution in [0.3, 0.4) is 0 Å². The molecule has 0 spiro atoms. The molecule has 1 heterocycles. The van der Waals surface area contributed by atoms with Crippen LogP contribution in [0, 0.1) is 6.92 Å². The van der Waals surface area contributed by atoms with Gasteiger partial charge in [0, 0.05) is 6.92 Å². The fourth-order valence-electron chi connectivity index (χ4n) is 1.68. The molecule has 0 radical (unpaired) electrons. The maximum Gasteiger partial charge on any atom is 0.238 e. The molecule has 2 N–H and O–H groups in total. The third-order valence-electron chi connectivity index (χ3n) is 2.64. The Balaban J connectivity index is 2.46. The molecule has 8 heteroatoms. The minimum Gasteiger partial charge on any atom is -0.293 e. The van der Waals surface area contributed by atoms with E-state index in [4.69, 9.17) is 5.14 Å². The number of hydrogen-bond donors (Lipinski definition) is 1. The van der Waals surface area contributed by atoms with Crippen molar-refractivity contribution in [3.63, 3.8) is 0 Å². The quantitative estimate of drug-likeness (QED) is 0.820. The van der Waals surface area contributed by atoms with Crippen LogP contribution in [0.15, 0.2) is 29.2 Å². The van der Waals surface area contributed by atoms with Gasteiger partial charge in [-0.05, 0) is 31.2 Å². The average Bonchev–Trinajstić information content (AvgIpc) is 2.70. The zero-order valence-corrected chi connectivity index (χ0v) is 11.2. The number of sulfonamides is 1. The number of hydrogen-bond acceptors (Lipinski definition) is 5. The van der Waals surface area contributed by atoms with Gasteiger partial charge in [0.05, 0.1) is 16.3 Å². The summed E-state index contributed by atoms with van der Waals surface area (Å²) < 4.78 is 23.7. The fraction of sp³-hybridized carbons (Fsp3) is 0.182. The summed E-state index contributed by atoms with van der Waals surface area (Å²) in [5, 5.41) is 12.7. The van der Waals surface area contributed by atoms with E-state index in [1.54, 1.807) is 19.1 Å². The van der Waals surface area contributed by atoms with E-state index < -0.39 is 10.0 Å². The second-order valence-corrected chi connectivity index (χ2v) is 5.59. The Morgan fingerprint density at radius 1 is 1.26 bits per heavy atom. The summed E-state index contributed by atoms with van der Waals surface area (Å²) in [5.41, 5.74) is 1.48. The predicted octanol–water partition coefficient (Wildman–Crippen LogP) is 0.426. The SMILES string of the molecule is CC(=O)c1nnn(-c2ccc(S(N)(=O)=O)cc2)c1C. The molecule has 0 amide bonds. The van der Waals surface area contributed by atoms with Crippen molar-refractivity contribution in [2.24, 2.45) is 5.14 Å². The minimum atomic E-state index is -3.72. The van der Waals surface area contributed by atoms with Crippen molar-refractivity contribution in [2.75, 3.05) is 0 Å². The van der Waals surface area contributed by atoms with Crippen molar-refractivity contribution in [1.82, 2.24) is 15.0 Å². The number of rotatable bonds is 3. The second kappa shape index (κ2) is 4.56. The summed E-state index contributed by atoms with van der Waals surface area (Å²) >= 11 is 0. The van der Waals surface area contributed by atoms with Gasteiger partial charge >= 0.3 is 0 Å². The molecule has 0 unspecified atom stereocenters. The van der Waals surface area contributed by atoms with Crippen LogP contribution in [0.25, 0.3) is 5.69 Å². The summed E-state index contributed by atoms with van der Waals surface area (Å²) in [6, 6.07) is 5.84. The van der Waals surface area contributed by atoms with Gasteiger partial charge in [0.1, 0.15) is 0 Å². The molecule has 0 saturated heterocycles. The fourth-order valence-corrected chi connectivity index (χ4v) is 2.19. The molecule has 0 fully saturated rings. The number of carbonyl (C=O) groups is 1. The van der Waals surface area contributed by atoms with Crippen LogP contribution in [0.1, 0.15) is 23.1 Å². The van der Waals surface area contributed by atoms with Gasteiger partial charge in [0.2, 0.25) is 10.0 Å². The first-order valence-corrected chi connectivity index (χ1v) is 6.92. The molecule has 0 saturated carbocycles. The molecule has 0 aliphatic carbocycles. The molecular weight excluding hydrogens is 268 g/mol. The van der Waals surface area contributed by atoms with Crippen LogP contribution in [0.2, 0.25) is 0 Å². The van der Waals surface area contributed by atoms with Gasteiger partial charge in [-0.1, -0.05) is 5.21 Å². The standard InChI is InChI=1S/C11H12N4O3S/c1-7-11(8(2)16)13-14-15(7)9-3-5-10(6-4-9)19(12,17)18/h3-6H,1-2H3,(H2,12,17,18). The second-order valence-electron chi connectivity index (χ2n) is 4.03. The highest BCUT2D eigenvalue weighted by atomic mass is 32.2. The van der Waals surface area contributed by atoms with Gasteiger partial charge in [-0.15, -0.1) is 5.10 Å². The molecule has 7 nitrogen and oxygen atoms in total. The average molecular weight is 280 g/mol. The van der Waals surface area contributed by atoms with Gasteiger partial charge in [-0.3, -0.25) is 4.79 Å². The molecule has 2 aromatic rings. The van der Waals surface area contributed by atoms with Crippen LogP contribution >= 0.6 is 0 Å². The molecule has 0 aliphatic heterocycles. The lowest BCUT2D eigenvalue weighted by atomic mass is 10.2. The van der Waals surface area contributed by atoms with Crippen LogP contribution in [0.5, 0.6) is 0 Å². The van der Waals surface area contributed by atoms with Gasteiger partial charge in [-0.25, -0.2) is 18.2 Å². The highest BCUT2D eigenvalue weighted by Gasteiger charge is 2.14. The summed E-state index contributed by atoms with van der Waals surface area (Å²) in [6.07, 6.45) is 0. The third-order valence-corrected chi connectivity index (χ3v) is 3.57. The van der Waals surface area contributed by atoms with E-state index in [1.807, 2.05) is 0 Å². The molecule has 0 atom stereocenters. The number of aromatic nitrogens is 3. The number of primary sulfonamides is 1. The summed E-state index contributed by atoms with van der Waals surface area (Å²) in [6.45, 7) is 3.12. The number of nitrogens with zero attached hydrogens (tertiary/aromatic N) is 3. The first-order chi connectivity index (χ1) is 8.80. The summed E-state index contributed by atoms with van der Waals surface area (Å²) in [5.74, 6) is -0.176. The van der Waals surface area contributed by atoms with E-state index in [9.17, 15) is 13.2 Å². The van der Waals surface area contributed by atoms with Crippen LogP contribution in [0.4, 0.5) is 0 Å². The predicted molar refractivity (Wildman–Crippen MR) is 67.5 cm³/mol. The molecule has 19 heavy (non-hydrogen) atoms. The van der Waals surface area contributed by atoms with Crippen molar-refractivity contribution in [3.8, 4) is 5.69 Å². The van der Waals surface area contributed by atoms with Gasteiger partial charge in [-0.2, -0.15) is 0 Å². The molecule has 0 bridgehead atoms. The number of carbonyl (C=O) groups excluding carboxylic acids is 1. The van der Waals surface area contributed by atoms with Crippen LogP contribution < -0.4 is 5.14 Å². The van der Waals surface area contributed by atoms with E-state index in [2.05, 4.69) is 10.3 Å². The maximum atomic E-state index is 11.3. The molecule has 1 aromatic carbocycles. The number of Topliss-reactive ketones (excluding diaryl/α,β-unsaturated/α-hetero) is 1. The lowest BCUT2D eigenvalue weighted by molar-refractivity contribution is 0.101. The Kier molecular flexibility index (Phi) is 3.21. The number of benzene rings is 1. The van der Waals surface area contributed by atoms with Crippen molar-refractivity contribution in [1.29, 1.82) is 0 Å². The number of ketones is 1. The summed E-state index contributed by atoms with van der Waals surface area (Å²) in [7, 11) is -3.72. The molecule has 0 aliphatic rings. The van der Waals surface area contributed by atoms with Crippen molar-refractivity contribution < 1.29 is 13.2 Å². The Bertz CT molecular complexity index is 732. The Hall–Kier alpha value is -2.06. The van der Waals surface area contributed by atoms with Crippen molar-refractivity contribution in [2.45, 2.75) is 18.7 Å². The first kappa shape index (κ1) is 13.4. The molecular formula is C11H12N4O3S. The van der Waals surface area contributed by atoms with E-state index in [0.717, 1.165) is 0 Å². The maximum absolute atomic E-state index is 11.3. The highest BCUT2D eigenvalue weighted by Crippen LogP contribution is 2.15. The topological polar surface area (TPSA) is 108 Å². The Morgan fingerprint density at radius 3 is 2.26 bits per heavy atom. The largest absolute Gasteiger partial charge is 0.293 e. The number of nitrogens with two attached hydrogens (primary N) is 1. The van der Waals surface area contributed by atoms with Crippen molar-refractivity contribution >= 4 is 15.8 Å². The molecule has 100 valence electrons. The monoisotopic (exact) mass is 280 g/mol. The van der Waals surface area contributed by atoms with E-state index >= 15 is 0 Å². The highest BCUT2D eigenvalue weighted by molar-refractivity contribution is 7.89. The first-order valence-electron chi connectivity index (χ1n) is 5.37. The lowest BCUT2D eigenvalue weighted by Gasteiger charge is -2.04. The van der Waals surface area contributed by atoms with E-state index in [1.165, 1.54) is 23.7 Å². The summed E-state index contributed by atoms with van der Waals surface area (Å²) in [4.78, 5) is 11.3. The third kappa shape index (κ3) is 2.54. The Labute approximate surface area is 110 Å². The van der Waals surface area contributed by atoms with E-state index in [0.29, 0.717) is 11.4 Å². The van der Waals surface area contributed by atoms with Crippen molar-refractivity contribution in [3.05, 3.63) is 35.7 Å². The smallest absolute Gasteiger partial charge is 0.238 e. The normalized spacial score (nSPS) is 11.5. The van der Waals surface area contributed by atoms with Gasteiger partial charge in [0.15, 0.2) is 11.5 Å². The lowest BCUT2D eigenvalue weighted by Crippen LogP contribution is -2.12. The van der Waals surface area contributed by atoms with E-state index in [-0.39, 0.29) is 16.4 Å². The molecule has 2 rings (SSSR count). The van der Waals surface area contributed by atoms with Gasteiger partial charge in [0.25, 0.3) is 0 Å². The zero-order valence-electron chi connectivity index (χ0n) is 10.4.